The molecule has 36 heavy (non-hydrogen) atoms. The maximum Gasteiger partial charge on any atom is 0.469 e. The van der Waals surface area contributed by atoms with E-state index < -0.39 is 19.7 Å². The van der Waals surface area contributed by atoms with Gasteiger partial charge in [-0.15, -0.1) is 0 Å². The Morgan fingerprint density at radius 1 is 0.861 bits per heavy atom. The maximum absolute atomic E-state index is 13.8. The van der Waals surface area contributed by atoms with Gasteiger partial charge in [-0.3, -0.25) is 4.52 Å². The van der Waals surface area contributed by atoms with E-state index in [1.165, 1.54) is 102 Å². The van der Waals surface area contributed by atoms with E-state index in [2.05, 4.69) is 11.4 Å². The third kappa shape index (κ3) is 17.9. The molecule has 0 heterocycles. The van der Waals surface area contributed by atoms with Crippen molar-refractivity contribution in [2.75, 3.05) is 6.61 Å². The monoisotopic (exact) mass is 527 g/mol. The van der Waals surface area contributed by atoms with Crippen molar-refractivity contribution in [2.24, 2.45) is 0 Å². The molecule has 6 nitrogen and oxygen atoms in total. The van der Waals surface area contributed by atoms with Crippen LogP contribution in [0.2, 0.25) is 0 Å². The van der Waals surface area contributed by atoms with Crippen LogP contribution in [0.15, 0.2) is 18.2 Å². The average Bonchev–Trinajstić information content (AvgIpc) is 2.84. The molecule has 1 aromatic rings. The van der Waals surface area contributed by atoms with Gasteiger partial charge in [-0.1, -0.05) is 110 Å². The zero-order valence-electron chi connectivity index (χ0n) is 22.1. The number of nitriles is 1. The summed E-state index contributed by atoms with van der Waals surface area (Å²) >= 11 is 0. The molecule has 1 aromatic carbocycles. The lowest BCUT2D eigenvalue weighted by atomic mass is 10.0. The topological polar surface area (TPSA) is 99.8 Å². The highest BCUT2D eigenvalue weighted by Gasteiger charge is 2.20. The van der Waals surface area contributed by atoms with E-state index in [0.717, 1.165) is 25.3 Å². The second-order valence-corrected chi connectivity index (χ2v) is 11.0. The van der Waals surface area contributed by atoms with Crippen molar-refractivity contribution in [3.63, 3.8) is 0 Å². The van der Waals surface area contributed by atoms with Gasteiger partial charge in [0.2, 0.25) is 0 Å². The van der Waals surface area contributed by atoms with Gasteiger partial charge in [-0.2, -0.15) is 5.26 Å². The maximum atomic E-state index is 13.8. The predicted molar refractivity (Wildman–Crippen MR) is 142 cm³/mol. The first-order valence-electron chi connectivity index (χ1n) is 13.9. The summed E-state index contributed by atoms with van der Waals surface area (Å²) < 4.78 is 35.2. The molecule has 0 aliphatic rings. The quantitative estimate of drug-likeness (QED) is 0.109. The van der Waals surface area contributed by atoms with Gasteiger partial charge in [-0.05, 0) is 25.0 Å². The van der Waals surface area contributed by atoms with Crippen LogP contribution in [0.4, 0.5) is 4.39 Å². The number of unbranched alkanes of at least 4 members (excludes halogenated alkanes) is 16. The van der Waals surface area contributed by atoms with Crippen molar-refractivity contribution < 1.29 is 28.0 Å². The number of hydrogen-bond acceptors (Lipinski definition) is 4. The molecular weight excluding hydrogens is 480 g/mol. The molecule has 0 amide bonds. The minimum Gasteiger partial charge on any atom is -0.488 e. The zero-order valence-corrected chi connectivity index (χ0v) is 23.0. The number of nitrogens with zero attached hydrogens (tertiary/aromatic N) is 1. The molecule has 1 unspecified atom stereocenters. The van der Waals surface area contributed by atoms with Crippen molar-refractivity contribution in [3.8, 4) is 11.8 Å². The summed E-state index contributed by atoms with van der Waals surface area (Å²) in [4.78, 5) is 18.0. The second kappa shape index (κ2) is 20.6. The van der Waals surface area contributed by atoms with E-state index in [4.69, 9.17) is 19.8 Å². The summed E-state index contributed by atoms with van der Waals surface area (Å²) in [5.74, 6) is -0.486. The van der Waals surface area contributed by atoms with Gasteiger partial charge in [0, 0.05) is 6.07 Å². The predicted octanol–water partition coefficient (Wildman–Crippen LogP) is 8.60. The van der Waals surface area contributed by atoms with Crippen LogP contribution in [0, 0.1) is 17.1 Å². The van der Waals surface area contributed by atoms with Crippen LogP contribution in [-0.4, -0.2) is 22.5 Å². The van der Waals surface area contributed by atoms with Crippen LogP contribution in [0.5, 0.6) is 5.75 Å². The normalized spacial score (nSPS) is 12.4. The lowest BCUT2D eigenvalue weighted by Gasteiger charge is -2.19. The number of phosphoric acid groups is 1. The number of ether oxygens (including phenoxy) is 1. The Kier molecular flexibility index (Phi) is 18.6. The van der Waals surface area contributed by atoms with Crippen LogP contribution in [0.25, 0.3) is 0 Å². The molecule has 0 bridgehead atoms. The van der Waals surface area contributed by atoms with Crippen molar-refractivity contribution in [3.05, 3.63) is 29.6 Å². The molecule has 0 aliphatic heterocycles. The first-order valence-corrected chi connectivity index (χ1v) is 15.4. The largest absolute Gasteiger partial charge is 0.488 e. The fraction of sp³-hybridized carbons (Fsp3) is 0.750. The van der Waals surface area contributed by atoms with Gasteiger partial charge in [0.05, 0.1) is 12.2 Å². The van der Waals surface area contributed by atoms with Crippen LogP contribution in [-0.2, 0) is 9.09 Å². The standard InChI is InChI=1S/C28H47FNO5P/c1-2-3-4-5-6-7-8-9-10-11-12-13-14-15-16-17-18-19-27(24-34-36(31,32)33)35-26-21-20-25(23-30)28(29)22-26/h20-22,27H,2-19,24H2,1H3,(H2,31,32,33). The molecular formula is C28H47FNO5P. The molecule has 1 rings (SSSR count). The smallest absolute Gasteiger partial charge is 0.469 e. The Morgan fingerprint density at radius 2 is 1.33 bits per heavy atom. The number of rotatable bonds is 23. The molecule has 8 heteroatoms. The number of halogens is 1. The van der Waals surface area contributed by atoms with Crippen LogP contribution in [0.3, 0.4) is 0 Å². The lowest BCUT2D eigenvalue weighted by Crippen LogP contribution is -2.22. The molecule has 0 aliphatic carbocycles. The van der Waals surface area contributed by atoms with Gasteiger partial charge in [-0.25, -0.2) is 8.96 Å². The fourth-order valence-electron chi connectivity index (χ4n) is 4.31. The van der Waals surface area contributed by atoms with Gasteiger partial charge >= 0.3 is 7.82 Å². The van der Waals surface area contributed by atoms with Gasteiger partial charge in [0.25, 0.3) is 0 Å². The minimum atomic E-state index is -4.62. The molecule has 2 N–H and O–H groups in total. The molecule has 0 radical (unpaired) electrons. The number of benzene rings is 1. The Hall–Kier alpha value is -1.45. The molecule has 0 aromatic heterocycles. The lowest BCUT2D eigenvalue weighted by molar-refractivity contribution is 0.0939. The Morgan fingerprint density at radius 3 is 1.75 bits per heavy atom. The fourth-order valence-corrected chi connectivity index (χ4v) is 4.67. The van der Waals surface area contributed by atoms with E-state index in [1.54, 1.807) is 6.07 Å². The Labute approximate surface area is 217 Å². The van der Waals surface area contributed by atoms with E-state index in [1.807, 2.05) is 0 Å². The van der Waals surface area contributed by atoms with E-state index in [9.17, 15) is 8.96 Å². The highest BCUT2D eigenvalue weighted by atomic mass is 31.2. The molecule has 0 saturated heterocycles. The summed E-state index contributed by atoms with van der Waals surface area (Å²) in [5.41, 5.74) is -0.0847. The van der Waals surface area contributed by atoms with Crippen molar-refractivity contribution in [1.29, 1.82) is 5.26 Å². The zero-order chi connectivity index (χ0) is 26.5. The first-order chi connectivity index (χ1) is 17.4. The molecule has 0 saturated carbocycles. The van der Waals surface area contributed by atoms with E-state index in [-0.39, 0.29) is 17.9 Å². The van der Waals surface area contributed by atoms with Crippen LogP contribution in [0.1, 0.15) is 128 Å². The van der Waals surface area contributed by atoms with E-state index in [0.29, 0.717) is 6.42 Å². The van der Waals surface area contributed by atoms with Crippen molar-refractivity contribution in [2.45, 2.75) is 129 Å². The SMILES string of the molecule is CCCCCCCCCCCCCCCCCCCC(COP(=O)(O)O)Oc1ccc(C#N)c(F)c1. The Bertz CT molecular complexity index is 780. The summed E-state index contributed by atoms with van der Waals surface area (Å²) in [7, 11) is -4.62. The Balaban J connectivity index is 2.12. The summed E-state index contributed by atoms with van der Waals surface area (Å²) in [6.07, 6.45) is 21.6. The highest BCUT2D eigenvalue weighted by molar-refractivity contribution is 7.46. The van der Waals surface area contributed by atoms with Gasteiger partial charge < -0.3 is 14.5 Å². The third-order valence-electron chi connectivity index (χ3n) is 6.42. The second-order valence-electron chi connectivity index (χ2n) is 9.73. The molecule has 0 spiro atoms. The van der Waals surface area contributed by atoms with Crippen LogP contribution < -0.4 is 4.74 Å². The van der Waals surface area contributed by atoms with E-state index >= 15 is 0 Å². The molecule has 206 valence electrons. The number of hydrogen-bond donors (Lipinski definition) is 2. The first kappa shape index (κ1) is 32.6. The van der Waals surface area contributed by atoms with Crippen LogP contribution >= 0.6 is 7.82 Å². The minimum absolute atomic E-state index is 0.0847. The number of phosphoric ester groups is 1. The summed E-state index contributed by atoms with van der Waals surface area (Å²) in [5, 5.41) is 8.84. The average molecular weight is 528 g/mol. The molecule has 1 atom stereocenters. The summed E-state index contributed by atoms with van der Waals surface area (Å²) in [6.45, 7) is 1.97. The third-order valence-corrected chi connectivity index (χ3v) is 6.91. The van der Waals surface area contributed by atoms with Crippen molar-refractivity contribution in [1.82, 2.24) is 0 Å². The van der Waals surface area contributed by atoms with Gasteiger partial charge in [0.15, 0.2) is 0 Å². The highest BCUT2D eigenvalue weighted by Crippen LogP contribution is 2.36. The van der Waals surface area contributed by atoms with Crippen molar-refractivity contribution >= 4 is 7.82 Å². The molecule has 0 fully saturated rings. The summed E-state index contributed by atoms with van der Waals surface area (Å²) in [6, 6.07) is 5.65. The van der Waals surface area contributed by atoms with Gasteiger partial charge in [0.1, 0.15) is 23.7 Å².